The summed E-state index contributed by atoms with van der Waals surface area (Å²) in [7, 11) is 0. The lowest BCUT2D eigenvalue weighted by Crippen LogP contribution is -2.16. The molecule has 0 aromatic heterocycles. The number of benzene rings is 1. The highest BCUT2D eigenvalue weighted by Crippen LogP contribution is 2.40. The average molecular weight is 214 g/mol. The summed E-state index contributed by atoms with van der Waals surface area (Å²) in [6.07, 6.45) is 6.25. The summed E-state index contributed by atoms with van der Waals surface area (Å²) in [5.74, 6) is 0.737. The second-order valence-electron chi connectivity index (χ2n) is 5.87. The van der Waals surface area contributed by atoms with Gasteiger partial charge in [0.25, 0.3) is 0 Å². The zero-order valence-electron chi connectivity index (χ0n) is 10.7. The normalized spacial score (nSPS) is 21.7. The molecule has 1 aliphatic carbocycles. The topological polar surface area (TPSA) is 0 Å². The van der Waals surface area contributed by atoms with E-state index in [1.54, 1.807) is 5.57 Å². The van der Waals surface area contributed by atoms with E-state index in [9.17, 15) is 0 Å². The van der Waals surface area contributed by atoms with E-state index >= 15 is 0 Å². The molecule has 0 radical (unpaired) electrons. The van der Waals surface area contributed by atoms with Gasteiger partial charge in [-0.15, -0.1) is 0 Å². The van der Waals surface area contributed by atoms with Gasteiger partial charge in [0.2, 0.25) is 0 Å². The summed E-state index contributed by atoms with van der Waals surface area (Å²) in [6, 6.07) is 11.0. The predicted octanol–water partition coefficient (Wildman–Crippen LogP) is 4.93. The summed E-state index contributed by atoms with van der Waals surface area (Å²) >= 11 is 0. The first kappa shape index (κ1) is 11.4. The monoisotopic (exact) mass is 214 g/mol. The van der Waals surface area contributed by atoms with Crippen molar-refractivity contribution in [3.05, 3.63) is 47.5 Å². The molecule has 0 N–H and O–H groups in total. The molecular weight excluding hydrogens is 192 g/mol. The molecule has 0 heteroatoms. The minimum Gasteiger partial charge on any atom is -0.0848 e. The van der Waals surface area contributed by atoms with Crippen LogP contribution in [0, 0.1) is 5.41 Å². The maximum atomic E-state index is 2.46. The van der Waals surface area contributed by atoms with E-state index in [-0.39, 0.29) is 0 Å². The molecule has 1 aromatic carbocycles. The van der Waals surface area contributed by atoms with Crippen LogP contribution in [0.15, 0.2) is 42.0 Å². The molecule has 0 aliphatic heterocycles. The van der Waals surface area contributed by atoms with Gasteiger partial charge >= 0.3 is 0 Å². The van der Waals surface area contributed by atoms with Gasteiger partial charge in [0.05, 0.1) is 0 Å². The molecule has 0 saturated carbocycles. The minimum atomic E-state index is 0.341. The fraction of sp³-hybridized carbons (Fsp3) is 0.500. The third kappa shape index (κ3) is 2.55. The summed E-state index contributed by atoms with van der Waals surface area (Å²) in [6.45, 7) is 6.98. The van der Waals surface area contributed by atoms with Gasteiger partial charge < -0.3 is 0 Å². The van der Waals surface area contributed by atoms with Crippen LogP contribution in [-0.4, -0.2) is 0 Å². The van der Waals surface area contributed by atoms with Gasteiger partial charge in [0.1, 0.15) is 0 Å². The first-order chi connectivity index (χ1) is 7.57. The van der Waals surface area contributed by atoms with E-state index in [1.165, 1.54) is 24.8 Å². The van der Waals surface area contributed by atoms with Crippen LogP contribution in [0.5, 0.6) is 0 Å². The van der Waals surface area contributed by atoms with Crippen LogP contribution in [0.4, 0.5) is 0 Å². The Morgan fingerprint density at radius 3 is 2.38 bits per heavy atom. The molecule has 0 spiro atoms. The van der Waals surface area contributed by atoms with Crippen LogP contribution in [0.3, 0.4) is 0 Å². The molecular formula is C16H22. The van der Waals surface area contributed by atoms with Gasteiger partial charge in [-0.05, 0) is 36.2 Å². The van der Waals surface area contributed by atoms with Crippen molar-refractivity contribution in [2.75, 3.05) is 0 Å². The average Bonchev–Trinajstić information content (AvgIpc) is 2.29. The fourth-order valence-corrected chi connectivity index (χ4v) is 2.53. The maximum absolute atomic E-state index is 2.46. The number of rotatable bonds is 1. The highest BCUT2D eigenvalue weighted by atomic mass is 14.3. The number of allylic oxidation sites excluding steroid dienone is 2. The van der Waals surface area contributed by atoms with Gasteiger partial charge in [-0.3, -0.25) is 0 Å². The van der Waals surface area contributed by atoms with E-state index in [1.807, 2.05) is 0 Å². The molecule has 0 heterocycles. The lowest BCUT2D eigenvalue weighted by atomic mass is 9.74. The molecule has 1 aliphatic rings. The second kappa shape index (κ2) is 4.45. The second-order valence-corrected chi connectivity index (χ2v) is 5.87. The quantitative estimate of drug-likeness (QED) is 0.582. The Morgan fingerprint density at radius 1 is 1.06 bits per heavy atom. The van der Waals surface area contributed by atoms with E-state index in [0.29, 0.717) is 5.41 Å². The SMILES string of the molecule is CC(C)(C)C1=CCCC(c2ccccc2)C1. The molecule has 0 saturated heterocycles. The van der Waals surface area contributed by atoms with Crippen molar-refractivity contribution in [1.29, 1.82) is 0 Å². The zero-order chi connectivity index (χ0) is 11.6. The van der Waals surface area contributed by atoms with Gasteiger partial charge in [-0.2, -0.15) is 0 Å². The van der Waals surface area contributed by atoms with Crippen molar-refractivity contribution < 1.29 is 0 Å². The Hall–Kier alpha value is -1.04. The lowest BCUT2D eigenvalue weighted by molar-refractivity contribution is 0.439. The predicted molar refractivity (Wildman–Crippen MR) is 70.6 cm³/mol. The molecule has 0 fully saturated rings. The molecule has 2 rings (SSSR count). The van der Waals surface area contributed by atoms with Gasteiger partial charge in [-0.1, -0.05) is 62.8 Å². The Bertz CT molecular complexity index is 365. The van der Waals surface area contributed by atoms with Crippen molar-refractivity contribution in [1.82, 2.24) is 0 Å². The molecule has 16 heavy (non-hydrogen) atoms. The van der Waals surface area contributed by atoms with Crippen molar-refractivity contribution in [2.45, 2.75) is 46.0 Å². The number of hydrogen-bond donors (Lipinski definition) is 0. The Kier molecular flexibility index (Phi) is 3.18. The van der Waals surface area contributed by atoms with E-state index in [0.717, 1.165) is 5.92 Å². The molecule has 0 amide bonds. The highest BCUT2D eigenvalue weighted by Gasteiger charge is 2.24. The van der Waals surface area contributed by atoms with Crippen molar-refractivity contribution in [3.8, 4) is 0 Å². The minimum absolute atomic E-state index is 0.341. The summed E-state index contributed by atoms with van der Waals surface area (Å²) in [5, 5.41) is 0. The Morgan fingerprint density at radius 2 is 1.75 bits per heavy atom. The third-order valence-corrected chi connectivity index (χ3v) is 3.61. The van der Waals surface area contributed by atoms with E-state index in [4.69, 9.17) is 0 Å². The van der Waals surface area contributed by atoms with Gasteiger partial charge in [0.15, 0.2) is 0 Å². The smallest absolute Gasteiger partial charge is 0.0122 e. The third-order valence-electron chi connectivity index (χ3n) is 3.61. The van der Waals surface area contributed by atoms with Crippen molar-refractivity contribution >= 4 is 0 Å². The number of hydrogen-bond acceptors (Lipinski definition) is 0. The van der Waals surface area contributed by atoms with Crippen LogP contribution < -0.4 is 0 Å². The molecule has 1 atom stereocenters. The van der Waals surface area contributed by atoms with E-state index < -0.39 is 0 Å². The Balaban J connectivity index is 2.15. The van der Waals surface area contributed by atoms with Crippen LogP contribution in [0.25, 0.3) is 0 Å². The largest absolute Gasteiger partial charge is 0.0848 e. The van der Waals surface area contributed by atoms with Crippen LogP contribution in [-0.2, 0) is 0 Å². The summed E-state index contributed by atoms with van der Waals surface area (Å²) in [4.78, 5) is 0. The summed E-state index contributed by atoms with van der Waals surface area (Å²) < 4.78 is 0. The van der Waals surface area contributed by atoms with Crippen LogP contribution >= 0.6 is 0 Å². The van der Waals surface area contributed by atoms with Crippen molar-refractivity contribution in [3.63, 3.8) is 0 Å². The van der Waals surface area contributed by atoms with Crippen LogP contribution in [0.2, 0.25) is 0 Å². The maximum Gasteiger partial charge on any atom is -0.0122 e. The molecule has 1 unspecified atom stereocenters. The van der Waals surface area contributed by atoms with Gasteiger partial charge in [-0.25, -0.2) is 0 Å². The molecule has 0 nitrogen and oxygen atoms in total. The first-order valence-corrected chi connectivity index (χ1v) is 6.32. The molecule has 86 valence electrons. The Labute approximate surface area is 99.4 Å². The standard InChI is InChI=1S/C16H22/c1-16(2,3)15-11-7-10-14(12-15)13-8-5-4-6-9-13/h4-6,8-9,11,14H,7,10,12H2,1-3H3. The zero-order valence-corrected chi connectivity index (χ0v) is 10.7. The highest BCUT2D eigenvalue weighted by molar-refractivity contribution is 5.25. The van der Waals surface area contributed by atoms with Crippen LogP contribution in [0.1, 0.15) is 51.5 Å². The fourth-order valence-electron chi connectivity index (χ4n) is 2.53. The van der Waals surface area contributed by atoms with E-state index in [2.05, 4.69) is 57.2 Å². The molecule has 1 aromatic rings. The van der Waals surface area contributed by atoms with Crippen molar-refractivity contribution in [2.24, 2.45) is 5.41 Å². The first-order valence-electron chi connectivity index (χ1n) is 6.32. The summed E-state index contributed by atoms with van der Waals surface area (Å²) in [5.41, 5.74) is 3.48. The molecule has 0 bridgehead atoms. The van der Waals surface area contributed by atoms with Gasteiger partial charge in [0, 0.05) is 0 Å². The lowest BCUT2D eigenvalue weighted by Gasteiger charge is -2.31.